The topological polar surface area (TPSA) is 102 Å². The van der Waals surface area contributed by atoms with Crippen LogP contribution in [0.2, 0.25) is 0 Å². The zero-order valence-electron chi connectivity index (χ0n) is 15.6. The van der Waals surface area contributed by atoms with E-state index in [1.165, 1.54) is 19.4 Å². The molecule has 0 saturated heterocycles. The molecule has 0 bridgehead atoms. The van der Waals surface area contributed by atoms with E-state index in [4.69, 9.17) is 4.74 Å². The van der Waals surface area contributed by atoms with Gasteiger partial charge in [-0.1, -0.05) is 6.07 Å². The summed E-state index contributed by atoms with van der Waals surface area (Å²) in [6.45, 7) is -0.00916. The smallest absolute Gasteiger partial charge is 0.334 e. The van der Waals surface area contributed by atoms with Crippen LogP contribution in [-0.2, 0) is 6.54 Å². The molecule has 10 heteroatoms. The van der Waals surface area contributed by atoms with Crippen molar-refractivity contribution in [2.75, 3.05) is 12.4 Å². The number of hydrogen-bond acceptors (Lipinski definition) is 6. The van der Waals surface area contributed by atoms with E-state index in [0.29, 0.717) is 11.4 Å². The Morgan fingerprint density at radius 2 is 1.90 bits per heavy atom. The van der Waals surface area contributed by atoms with Crippen molar-refractivity contribution in [2.45, 2.75) is 6.54 Å². The monoisotopic (exact) mass is 411 g/mol. The van der Waals surface area contributed by atoms with Crippen LogP contribution in [0.3, 0.4) is 0 Å². The average molecular weight is 411 g/mol. The quantitative estimate of drug-likeness (QED) is 0.523. The van der Waals surface area contributed by atoms with Crippen LogP contribution in [0.15, 0.2) is 58.3 Å². The minimum absolute atomic E-state index is 0.00916. The number of hydrogen-bond donors (Lipinski definition) is 2. The van der Waals surface area contributed by atoms with Gasteiger partial charge in [0, 0.05) is 24.4 Å². The molecule has 0 amide bonds. The number of aromatic amines is 1. The summed E-state index contributed by atoms with van der Waals surface area (Å²) in [4.78, 5) is 36.0. The van der Waals surface area contributed by atoms with Crippen molar-refractivity contribution >= 4 is 17.0 Å². The first-order valence-electron chi connectivity index (χ1n) is 8.80. The maximum absolute atomic E-state index is 13.7. The van der Waals surface area contributed by atoms with Crippen molar-refractivity contribution < 1.29 is 13.5 Å². The highest BCUT2D eigenvalue weighted by Gasteiger charge is 2.12. The van der Waals surface area contributed by atoms with Crippen LogP contribution in [0.4, 0.5) is 14.7 Å². The Bertz CT molecular complexity index is 1350. The van der Waals surface area contributed by atoms with E-state index in [1.807, 2.05) is 0 Å². The molecule has 8 nitrogen and oxygen atoms in total. The predicted octanol–water partition coefficient (Wildman–Crippen LogP) is 2.37. The number of ether oxygens (including phenoxy) is 1. The number of H-pyrrole nitrogens is 1. The molecule has 2 heterocycles. The minimum atomic E-state index is -0.709. The number of rotatable bonds is 5. The Labute approximate surface area is 167 Å². The Hall–Kier alpha value is -4.08. The summed E-state index contributed by atoms with van der Waals surface area (Å²) in [5.41, 5.74) is -0.657. The van der Waals surface area contributed by atoms with Gasteiger partial charge in [0.1, 0.15) is 22.8 Å². The fraction of sp³-hybridized carbons (Fsp3) is 0.100. The summed E-state index contributed by atoms with van der Waals surface area (Å²) in [7, 11) is 1.51. The highest BCUT2D eigenvalue weighted by Crippen LogP contribution is 2.14. The predicted molar refractivity (Wildman–Crippen MR) is 106 cm³/mol. The third-order valence-electron chi connectivity index (χ3n) is 4.43. The second kappa shape index (κ2) is 7.74. The molecular weight excluding hydrogens is 396 g/mol. The summed E-state index contributed by atoms with van der Waals surface area (Å²) < 4.78 is 32.8. The van der Waals surface area contributed by atoms with Crippen molar-refractivity contribution in [2.24, 2.45) is 0 Å². The van der Waals surface area contributed by atoms with Crippen molar-refractivity contribution in [3.63, 3.8) is 0 Å². The Kier molecular flexibility index (Phi) is 4.97. The largest absolute Gasteiger partial charge is 0.497 e. The van der Waals surface area contributed by atoms with Gasteiger partial charge in [-0.05, 0) is 30.3 Å². The number of anilines is 1. The number of nitrogens with zero attached hydrogens (tertiary/aromatic N) is 3. The van der Waals surface area contributed by atoms with Crippen molar-refractivity contribution in [1.82, 2.24) is 19.5 Å². The van der Waals surface area contributed by atoms with E-state index in [0.717, 1.165) is 16.7 Å². The second-order valence-electron chi connectivity index (χ2n) is 6.31. The van der Waals surface area contributed by atoms with E-state index in [2.05, 4.69) is 20.3 Å². The fourth-order valence-electron chi connectivity index (χ4n) is 2.89. The lowest BCUT2D eigenvalue weighted by Crippen LogP contribution is -2.34. The maximum Gasteiger partial charge on any atom is 0.334 e. The summed E-state index contributed by atoms with van der Waals surface area (Å²) in [6.07, 6.45) is 1.27. The molecule has 4 aromatic rings. The third kappa shape index (κ3) is 3.62. The number of nitrogens with one attached hydrogen (secondary N) is 2. The van der Waals surface area contributed by atoms with Crippen LogP contribution >= 0.6 is 0 Å². The van der Waals surface area contributed by atoms with Crippen molar-refractivity contribution in [1.29, 1.82) is 0 Å². The van der Waals surface area contributed by atoms with Gasteiger partial charge < -0.3 is 10.1 Å². The molecule has 0 unspecified atom stereocenters. The molecule has 2 aromatic heterocycles. The Balaban J connectivity index is 1.67. The van der Waals surface area contributed by atoms with Crippen LogP contribution in [0, 0.1) is 11.6 Å². The molecule has 0 atom stereocenters. The van der Waals surface area contributed by atoms with E-state index in [-0.39, 0.29) is 29.1 Å². The first kappa shape index (κ1) is 19.2. The lowest BCUT2D eigenvalue weighted by molar-refractivity contribution is 0.414. The van der Waals surface area contributed by atoms with E-state index < -0.39 is 22.9 Å². The van der Waals surface area contributed by atoms with Crippen LogP contribution in [0.1, 0.15) is 5.56 Å². The molecule has 30 heavy (non-hydrogen) atoms. The molecule has 2 aromatic carbocycles. The number of fused-ring (bicyclic) bond motifs is 1. The van der Waals surface area contributed by atoms with Gasteiger partial charge in [-0.2, -0.15) is 4.98 Å². The normalized spacial score (nSPS) is 10.9. The van der Waals surface area contributed by atoms with Crippen LogP contribution < -0.4 is 21.3 Å². The van der Waals surface area contributed by atoms with Gasteiger partial charge in [0.2, 0.25) is 5.95 Å². The molecule has 0 aliphatic carbocycles. The summed E-state index contributed by atoms with van der Waals surface area (Å²) in [5.74, 6) is -0.730. The summed E-state index contributed by atoms with van der Waals surface area (Å²) in [6, 6.07) is 9.63. The van der Waals surface area contributed by atoms with Gasteiger partial charge in [-0.15, -0.1) is 0 Å². The molecule has 0 saturated carbocycles. The zero-order chi connectivity index (χ0) is 21.3. The van der Waals surface area contributed by atoms with Crippen LogP contribution in [-0.4, -0.2) is 26.6 Å². The van der Waals surface area contributed by atoms with E-state index in [9.17, 15) is 18.4 Å². The highest BCUT2D eigenvalue weighted by atomic mass is 19.1. The highest BCUT2D eigenvalue weighted by molar-refractivity contribution is 5.73. The van der Waals surface area contributed by atoms with Gasteiger partial charge in [0.15, 0.2) is 5.65 Å². The van der Waals surface area contributed by atoms with Gasteiger partial charge in [-0.25, -0.2) is 23.1 Å². The van der Waals surface area contributed by atoms with Crippen LogP contribution in [0.5, 0.6) is 5.75 Å². The molecular formula is C20H15F2N5O3. The average Bonchev–Trinajstić information content (AvgIpc) is 2.73. The molecule has 0 fully saturated rings. The van der Waals surface area contributed by atoms with Gasteiger partial charge in [-0.3, -0.25) is 9.78 Å². The maximum atomic E-state index is 13.7. The molecule has 4 rings (SSSR count). The first-order chi connectivity index (χ1) is 14.5. The molecule has 0 radical (unpaired) electrons. The zero-order valence-corrected chi connectivity index (χ0v) is 15.6. The lowest BCUT2D eigenvalue weighted by Gasteiger charge is -2.09. The summed E-state index contributed by atoms with van der Waals surface area (Å²) in [5, 5.41) is 2.88. The molecule has 152 valence electrons. The lowest BCUT2D eigenvalue weighted by atomic mass is 10.2. The molecule has 0 aliphatic rings. The fourth-order valence-corrected chi connectivity index (χ4v) is 2.89. The van der Waals surface area contributed by atoms with Crippen LogP contribution in [0.25, 0.3) is 16.7 Å². The van der Waals surface area contributed by atoms with E-state index >= 15 is 0 Å². The number of halogens is 2. The molecule has 2 N–H and O–H groups in total. The Morgan fingerprint density at radius 3 is 2.60 bits per heavy atom. The first-order valence-corrected chi connectivity index (χ1v) is 8.80. The third-order valence-corrected chi connectivity index (χ3v) is 4.43. The second-order valence-corrected chi connectivity index (χ2v) is 6.31. The van der Waals surface area contributed by atoms with Crippen molar-refractivity contribution in [3.05, 3.63) is 86.7 Å². The van der Waals surface area contributed by atoms with Gasteiger partial charge >= 0.3 is 5.69 Å². The standard InChI is InChI=1S/C20H15F2N5O3/c1-30-14-6-4-13(5-7-14)27-18(28)15-10-24-19(25-17(15)26-20(27)29)23-9-11-2-3-12(21)8-16(11)22/h2-8,10H,9H2,1H3,(H2,23,24,25,26,29). The Morgan fingerprint density at radius 1 is 1.13 bits per heavy atom. The molecule has 0 spiro atoms. The SMILES string of the molecule is COc1ccc(-n2c(=O)[nH]c3nc(NCc4ccc(F)cc4F)ncc3c2=O)cc1. The molecule has 0 aliphatic heterocycles. The van der Waals surface area contributed by atoms with Crippen molar-refractivity contribution in [3.8, 4) is 11.4 Å². The number of methoxy groups -OCH3 is 1. The number of benzene rings is 2. The number of aromatic nitrogens is 4. The van der Waals surface area contributed by atoms with Gasteiger partial charge in [0.25, 0.3) is 5.56 Å². The summed E-state index contributed by atoms with van der Waals surface area (Å²) >= 11 is 0. The van der Waals surface area contributed by atoms with Gasteiger partial charge in [0.05, 0.1) is 12.8 Å². The van der Waals surface area contributed by atoms with E-state index in [1.54, 1.807) is 24.3 Å². The minimum Gasteiger partial charge on any atom is -0.497 e.